The van der Waals surface area contributed by atoms with Crippen LogP contribution < -0.4 is 5.32 Å². The molecule has 2 rings (SSSR count). The summed E-state index contributed by atoms with van der Waals surface area (Å²) in [7, 11) is 1.68. The van der Waals surface area contributed by atoms with Crippen LogP contribution in [-0.4, -0.2) is 64.0 Å². The predicted molar refractivity (Wildman–Crippen MR) is 108 cm³/mol. The number of benzene rings is 1. The fraction of sp³-hybridized carbons (Fsp3) is 0.667. The van der Waals surface area contributed by atoms with E-state index in [1.807, 2.05) is 26.0 Å². The van der Waals surface area contributed by atoms with Gasteiger partial charge >= 0.3 is 0 Å². The molecule has 1 heterocycles. The lowest BCUT2D eigenvalue weighted by atomic mass is 9.84. The first kappa shape index (κ1) is 21.6. The third-order valence-electron chi connectivity index (χ3n) is 4.93. The molecule has 152 valence electrons. The maximum Gasteiger partial charge on any atom is 0.193 e. The van der Waals surface area contributed by atoms with Crippen molar-refractivity contribution in [2.75, 3.05) is 53.1 Å². The summed E-state index contributed by atoms with van der Waals surface area (Å²) in [6.07, 6.45) is 1.09. The molecule has 0 radical (unpaired) electrons. The average Bonchev–Trinajstić information content (AvgIpc) is 3.11. The van der Waals surface area contributed by atoms with Crippen LogP contribution in [0.3, 0.4) is 0 Å². The van der Waals surface area contributed by atoms with E-state index in [2.05, 4.69) is 17.1 Å². The third-order valence-corrected chi connectivity index (χ3v) is 4.93. The van der Waals surface area contributed by atoms with Crippen LogP contribution in [0, 0.1) is 11.7 Å². The molecule has 0 saturated carbocycles. The minimum Gasteiger partial charge on any atom is -0.382 e. The summed E-state index contributed by atoms with van der Waals surface area (Å²) in [5.74, 6) is 1.24. The van der Waals surface area contributed by atoms with E-state index >= 15 is 0 Å². The van der Waals surface area contributed by atoms with E-state index in [0.29, 0.717) is 31.2 Å². The molecule has 1 aliphatic heterocycles. The molecule has 1 fully saturated rings. The van der Waals surface area contributed by atoms with Crippen LogP contribution in [-0.2, 0) is 14.9 Å². The van der Waals surface area contributed by atoms with Gasteiger partial charge in [0.2, 0.25) is 0 Å². The topological polar surface area (TPSA) is 46.1 Å². The lowest BCUT2D eigenvalue weighted by molar-refractivity contribution is 0.0536. The van der Waals surface area contributed by atoms with Gasteiger partial charge in [-0.05, 0) is 25.0 Å². The highest BCUT2D eigenvalue weighted by atomic mass is 19.1. The van der Waals surface area contributed by atoms with Crippen molar-refractivity contribution in [2.24, 2.45) is 10.9 Å². The van der Waals surface area contributed by atoms with Gasteiger partial charge in [0.15, 0.2) is 5.96 Å². The van der Waals surface area contributed by atoms with Crippen LogP contribution in [0.1, 0.15) is 32.8 Å². The van der Waals surface area contributed by atoms with E-state index in [1.54, 1.807) is 13.2 Å². The van der Waals surface area contributed by atoms with E-state index < -0.39 is 0 Å². The minimum atomic E-state index is -0.367. The molecular weight excluding hydrogens is 345 g/mol. The molecule has 1 aromatic carbocycles. The van der Waals surface area contributed by atoms with Crippen molar-refractivity contribution < 1.29 is 13.9 Å². The Kier molecular flexibility index (Phi) is 8.51. The first-order valence-electron chi connectivity index (χ1n) is 9.83. The van der Waals surface area contributed by atoms with Gasteiger partial charge in [-0.2, -0.15) is 0 Å². The Labute approximate surface area is 162 Å². The van der Waals surface area contributed by atoms with E-state index in [0.717, 1.165) is 38.6 Å². The van der Waals surface area contributed by atoms with Gasteiger partial charge in [-0.3, -0.25) is 4.99 Å². The second-order valence-electron chi connectivity index (χ2n) is 7.70. The summed E-state index contributed by atoms with van der Waals surface area (Å²) in [4.78, 5) is 7.12. The molecule has 0 amide bonds. The second kappa shape index (κ2) is 10.6. The van der Waals surface area contributed by atoms with Crippen molar-refractivity contribution in [1.29, 1.82) is 0 Å². The fourth-order valence-electron chi connectivity index (χ4n) is 3.35. The van der Waals surface area contributed by atoms with Crippen LogP contribution in [0.4, 0.5) is 4.39 Å². The van der Waals surface area contributed by atoms with Crippen LogP contribution >= 0.6 is 0 Å². The molecule has 1 N–H and O–H groups in total. The Bertz CT molecular complexity index is 607. The zero-order valence-electron chi connectivity index (χ0n) is 17.1. The molecule has 0 bridgehead atoms. The first-order chi connectivity index (χ1) is 13.0. The summed E-state index contributed by atoms with van der Waals surface area (Å²) in [5.41, 5.74) is 0.337. The number of methoxy groups -OCH3 is 1. The zero-order chi connectivity index (χ0) is 19.7. The summed E-state index contributed by atoms with van der Waals surface area (Å²) in [6.45, 7) is 11.4. The Morgan fingerprint density at radius 1 is 1.33 bits per heavy atom. The quantitative estimate of drug-likeness (QED) is 0.407. The number of likely N-dealkylation sites (tertiary alicyclic amines) is 1. The van der Waals surface area contributed by atoms with Crippen molar-refractivity contribution in [1.82, 2.24) is 10.2 Å². The van der Waals surface area contributed by atoms with Crippen LogP contribution in [0.15, 0.2) is 29.3 Å². The Morgan fingerprint density at radius 2 is 2.11 bits per heavy atom. The SMILES string of the molecule is CCNC(=NCC(C)(C)c1ccccc1F)N1CCC(COCCOC)C1. The maximum absolute atomic E-state index is 14.2. The van der Waals surface area contributed by atoms with Crippen LogP contribution in [0.2, 0.25) is 0 Å². The molecule has 0 aromatic heterocycles. The van der Waals surface area contributed by atoms with E-state index in [1.165, 1.54) is 6.07 Å². The number of hydrogen-bond donors (Lipinski definition) is 1. The molecule has 0 spiro atoms. The first-order valence-corrected chi connectivity index (χ1v) is 9.83. The second-order valence-corrected chi connectivity index (χ2v) is 7.70. The molecule has 1 saturated heterocycles. The van der Waals surface area contributed by atoms with Gasteiger partial charge in [0.1, 0.15) is 5.82 Å². The zero-order valence-corrected chi connectivity index (χ0v) is 17.1. The summed E-state index contributed by atoms with van der Waals surface area (Å²) >= 11 is 0. The Balaban J connectivity index is 1.97. The van der Waals surface area contributed by atoms with Crippen molar-refractivity contribution >= 4 is 5.96 Å². The third kappa shape index (κ3) is 6.47. The van der Waals surface area contributed by atoms with Gasteiger partial charge in [-0.25, -0.2) is 4.39 Å². The molecule has 1 unspecified atom stereocenters. The molecule has 6 heteroatoms. The average molecular weight is 380 g/mol. The number of halogens is 1. The molecule has 0 aliphatic carbocycles. The molecule has 27 heavy (non-hydrogen) atoms. The highest BCUT2D eigenvalue weighted by Crippen LogP contribution is 2.26. The number of aliphatic imine (C=N–C) groups is 1. The van der Waals surface area contributed by atoms with Crippen molar-refractivity contribution in [2.45, 2.75) is 32.6 Å². The number of guanidine groups is 1. The Hall–Kier alpha value is -1.66. The van der Waals surface area contributed by atoms with Gasteiger partial charge in [0.25, 0.3) is 0 Å². The lowest BCUT2D eigenvalue weighted by Gasteiger charge is -2.26. The monoisotopic (exact) mass is 379 g/mol. The molecule has 1 atom stereocenters. The van der Waals surface area contributed by atoms with E-state index in [4.69, 9.17) is 14.5 Å². The minimum absolute atomic E-state index is 0.169. The predicted octanol–water partition coefficient (Wildman–Crippen LogP) is 3.05. The number of hydrogen-bond acceptors (Lipinski definition) is 3. The number of rotatable bonds is 9. The number of nitrogens with zero attached hydrogens (tertiary/aromatic N) is 2. The van der Waals surface area contributed by atoms with Crippen molar-refractivity contribution in [3.63, 3.8) is 0 Å². The van der Waals surface area contributed by atoms with E-state index in [9.17, 15) is 4.39 Å². The Morgan fingerprint density at radius 3 is 2.81 bits per heavy atom. The van der Waals surface area contributed by atoms with Crippen molar-refractivity contribution in [3.8, 4) is 0 Å². The highest BCUT2D eigenvalue weighted by molar-refractivity contribution is 5.80. The molecule has 1 aliphatic rings. The fourth-order valence-corrected chi connectivity index (χ4v) is 3.35. The molecule has 5 nitrogen and oxygen atoms in total. The molecular formula is C21H34FN3O2. The summed E-state index contributed by atoms with van der Waals surface area (Å²) in [6, 6.07) is 6.97. The smallest absolute Gasteiger partial charge is 0.193 e. The standard InChI is InChI=1S/C21H34FN3O2/c1-5-23-20(25-11-10-17(14-25)15-27-13-12-26-4)24-16-21(2,3)18-8-6-7-9-19(18)22/h6-9,17H,5,10-16H2,1-4H3,(H,23,24). The molecule has 1 aromatic rings. The number of ether oxygens (including phenoxy) is 2. The maximum atomic E-state index is 14.2. The summed E-state index contributed by atoms with van der Waals surface area (Å²) in [5, 5.41) is 3.38. The van der Waals surface area contributed by atoms with Gasteiger partial charge in [-0.15, -0.1) is 0 Å². The van der Waals surface area contributed by atoms with Gasteiger partial charge in [-0.1, -0.05) is 32.0 Å². The van der Waals surface area contributed by atoms with Gasteiger partial charge in [0, 0.05) is 38.1 Å². The number of nitrogens with one attached hydrogen (secondary N) is 1. The highest BCUT2D eigenvalue weighted by Gasteiger charge is 2.27. The summed E-state index contributed by atoms with van der Waals surface area (Å²) < 4.78 is 24.9. The van der Waals surface area contributed by atoms with Gasteiger partial charge in [0.05, 0.1) is 26.4 Å². The van der Waals surface area contributed by atoms with Gasteiger partial charge < -0.3 is 19.7 Å². The van der Waals surface area contributed by atoms with E-state index in [-0.39, 0.29) is 11.2 Å². The largest absolute Gasteiger partial charge is 0.382 e. The van der Waals surface area contributed by atoms with Crippen LogP contribution in [0.25, 0.3) is 0 Å². The van der Waals surface area contributed by atoms with Crippen LogP contribution in [0.5, 0.6) is 0 Å². The lowest BCUT2D eigenvalue weighted by Crippen LogP contribution is -2.41. The normalized spacial score (nSPS) is 18.2. The van der Waals surface area contributed by atoms with Crippen molar-refractivity contribution in [3.05, 3.63) is 35.6 Å².